The van der Waals surface area contributed by atoms with E-state index in [4.69, 9.17) is 4.74 Å². The summed E-state index contributed by atoms with van der Waals surface area (Å²) in [5, 5.41) is 4.04. The third kappa shape index (κ3) is 4.37. The van der Waals surface area contributed by atoms with Gasteiger partial charge in [-0.05, 0) is 49.9 Å². The van der Waals surface area contributed by atoms with Crippen molar-refractivity contribution in [2.45, 2.75) is 26.7 Å². The molecule has 34 heavy (non-hydrogen) atoms. The third-order valence-electron chi connectivity index (χ3n) is 6.76. The molecular formula is C25H29N5O3S. The molecule has 0 radical (unpaired) electrons. The van der Waals surface area contributed by atoms with Crippen molar-refractivity contribution in [3.63, 3.8) is 0 Å². The second-order valence-corrected chi connectivity index (χ2v) is 9.69. The Morgan fingerprint density at radius 2 is 1.82 bits per heavy atom. The molecule has 1 aromatic carbocycles. The first-order valence-corrected chi connectivity index (χ1v) is 12.5. The molecule has 0 unspecified atom stereocenters. The van der Waals surface area contributed by atoms with Gasteiger partial charge < -0.3 is 19.9 Å². The molecule has 2 aliphatic rings. The summed E-state index contributed by atoms with van der Waals surface area (Å²) in [7, 11) is 0. The van der Waals surface area contributed by atoms with Crippen molar-refractivity contribution in [2.75, 3.05) is 49.6 Å². The van der Waals surface area contributed by atoms with E-state index in [2.05, 4.69) is 19.6 Å². The molecule has 9 heteroatoms. The zero-order valence-corrected chi connectivity index (χ0v) is 20.4. The minimum Gasteiger partial charge on any atom is -0.378 e. The van der Waals surface area contributed by atoms with Crippen molar-refractivity contribution in [2.24, 2.45) is 5.92 Å². The molecule has 2 fully saturated rings. The van der Waals surface area contributed by atoms with Gasteiger partial charge in [0.2, 0.25) is 5.91 Å². The van der Waals surface area contributed by atoms with Crippen molar-refractivity contribution in [1.29, 1.82) is 0 Å². The number of carbonyl (C=O) groups is 2. The van der Waals surface area contributed by atoms with Crippen LogP contribution in [0.2, 0.25) is 0 Å². The van der Waals surface area contributed by atoms with Crippen LogP contribution in [0.15, 0.2) is 30.5 Å². The molecule has 0 atom stereocenters. The van der Waals surface area contributed by atoms with Gasteiger partial charge >= 0.3 is 0 Å². The maximum absolute atomic E-state index is 13.5. The van der Waals surface area contributed by atoms with Crippen LogP contribution in [0.25, 0.3) is 10.2 Å². The standard InChI is InChI=1S/C25H29N5O3S/c1-16-5-3-4-6-20(16)27-23(31)18-7-9-29(10-8-18)22-19(25(32)30-11-13-33-14-12-30)15-26-24-21(22)17(2)28-34-24/h3-6,15,18H,7-14H2,1-2H3,(H,27,31). The summed E-state index contributed by atoms with van der Waals surface area (Å²) >= 11 is 1.36. The molecule has 2 amide bonds. The van der Waals surface area contributed by atoms with Gasteiger partial charge in [0.1, 0.15) is 4.83 Å². The monoisotopic (exact) mass is 479 g/mol. The Morgan fingerprint density at radius 1 is 1.09 bits per heavy atom. The average Bonchev–Trinajstić information content (AvgIpc) is 3.26. The Kier molecular flexibility index (Phi) is 6.47. The lowest BCUT2D eigenvalue weighted by atomic mass is 9.94. The summed E-state index contributed by atoms with van der Waals surface area (Å²) in [6.45, 7) is 7.63. The largest absolute Gasteiger partial charge is 0.378 e. The van der Waals surface area contributed by atoms with Crippen LogP contribution in [0.3, 0.4) is 0 Å². The van der Waals surface area contributed by atoms with Crippen molar-refractivity contribution in [3.05, 3.63) is 47.3 Å². The molecular weight excluding hydrogens is 450 g/mol. The van der Waals surface area contributed by atoms with Crippen molar-refractivity contribution in [3.8, 4) is 0 Å². The van der Waals surface area contributed by atoms with Crippen LogP contribution in [0.1, 0.15) is 34.5 Å². The summed E-state index contributed by atoms with van der Waals surface area (Å²) in [6, 6.07) is 7.84. The Hall–Kier alpha value is -3.04. The van der Waals surface area contributed by atoms with Crippen LogP contribution >= 0.6 is 11.5 Å². The predicted octanol–water partition coefficient (Wildman–Crippen LogP) is 3.64. The Bertz CT molecular complexity index is 1210. The third-order valence-corrected chi connectivity index (χ3v) is 7.61. The molecule has 0 bridgehead atoms. The highest BCUT2D eigenvalue weighted by Crippen LogP contribution is 2.37. The number of pyridine rings is 1. The number of benzene rings is 1. The van der Waals surface area contributed by atoms with E-state index in [0.29, 0.717) is 45.0 Å². The van der Waals surface area contributed by atoms with Gasteiger partial charge in [0.05, 0.1) is 35.5 Å². The van der Waals surface area contributed by atoms with Crippen LogP contribution in [-0.2, 0) is 9.53 Å². The van der Waals surface area contributed by atoms with Gasteiger partial charge in [0, 0.05) is 44.0 Å². The van der Waals surface area contributed by atoms with Gasteiger partial charge in [-0.2, -0.15) is 4.37 Å². The molecule has 1 N–H and O–H groups in total. The Morgan fingerprint density at radius 3 is 2.56 bits per heavy atom. The van der Waals surface area contributed by atoms with Crippen LogP contribution in [0.5, 0.6) is 0 Å². The first kappa shape index (κ1) is 22.7. The van der Waals surface area contributed by atoms with Gasteiger partial charge in [0.15, 0.2) is 0 Å². The number of anilines is 2. The fourth-order valence-electron chi connectivity index (χ4n) is 4.77. The molecule has 0 aliphatic carbocycles. The predicted molar refractivity (Wildman–Crippen MR) is 134 cm³/mol. The molecule has 178 valence electrons. The van der Waals surface area contributed by atoms with E-state index in [-0.39, 0.29) is 17.7 Å². The van der Waals surface area contributed by atoms with E-state index >= 15 is 0 Å². The number of amides is 2. The number of nitrogens with one attached hydrogen (secondary N) is 1. The van der Waals surface area contributed by atoms with Crippen LogP contribution in [0, 0.1) is 19.8 Å². The first-order chi connectivity index (χ1) is 16.5. The molecule has 0 spiro atoms. The summed E-state index contributed by atoms with van der Waals surface area (Å²) in [5.41, 5.74) is 4.33. The average molecular weight is 480 g/mol. The molecule has 5 rings (SSSR count). The molecule has 4 heterocycles. The zero-order chi connectivity index (χ0) is 23.7. The minimum absolute atomic E-state index is 0.0160. The highest BCUT2D eigenvalue weighted by Gasteiger charge is 2.31. The van der Waals surface area contributed by atoms with Gasteiger partial charge in [-0.3, -0.25) is 9.59 Å². The van der Waals surface area contributed by atoms with Crippen molar-refractivity contribution >= 4 is 44.9 Å². The number of para-hydroxylation sites is 1. The Labute approximate surface area is 203 Å². The number of aryl methyl sites for hydroxylation is 2. The number of hydrogen-bond donors (Lipinski definition) is 1. The van der Waals surface area contributed by atoms with E-state index in [1.54, 1.807) is 6.20 Å². The van der Waals surface area contributed by atoms with Gasteiger partial charge in [-0.15, -0.1) is 0 Å². The number of ether oxygens (including phenoxy) is 1. The van der Waals surface area contributed by atoms with Crippen molar-refractivity contribution < 1.29 is 14.3 Å². The number of fused-ring (bicyclic) bond motifs is 1. The van der Waals surface area contributed by atoms with E-state index < -0.39 is 0 Å². The van der Waals surface area contributed by atoms with E-state index in [1.165, 1.54) is 11.5 Å². The Balaban J connectivity index is 1.38. The molecule has 0 saturated carbocycles. The van der Waals surface area contributed by atoms with E-state index in [1.807, 2.05) is 43.0 Å². The highest BCUT2D eigenvalue weighted by molar-refractivity contribution is 7.13. The summed E-state index contributed by atoms with van der Waals surface area (Å²) in [6.07, 6.45) is 3.15. The highest BCUT2D eigenvalue weighted by atomic mass is 32.1. The number of piperidine rings is 1. The number of hydrogen-bond acceptors (Lipinski definition) is 7. The molecule has 8 nitrogen and oxygen atoms in total. The molecule has 3 aromatic rings. The summed E-state index contributed by atoms with van der Waals surface area (Å²) < 4.78 is 9.93. The van der Waals surface area contributed by atoms with Gasteiger partial charge in [0.25, 0.3) is 5.91 Å². The SMILES string of the molecule is Cc1ccccc1NC(=O)C1CCN(c2c(C(=O)N3CCOCC3)cnc3snc(C)c23)CC1. The fourth-order valence-corrected chi connectivity index (χ4v) is 5.52. The minimum atomic E-state index is -0.0618. The maximum atomic E-state index is 13.5. The number of nitrogens with zero attached hydrogens (tertiary/aromatic N) is 4. The van der Waals surface area contributed by atoms with Crippen LogP contribution in [-0.4, -0.2) is 65.5 Å². The number of morpholine rings is 1. The topological polar surface area (TPSA) is 87.7 Å². The van der Waals surface area contributed by atoms with Gasteiger partial charge in [-0.25, -0.2) is 4.98 Å². The van der Waals surface area contributed by atoms with Crippen LogP contribution in [0.4, 0.5) is 11.4 Å². The summed E-state index contributed by atoms with van der Waals surface area (Å²) in [4.78, 5) is 35.9. The summed E-state index contributed by atoms with van der Waals surface area (Å²) in [5.74, 6) is -0.0159. The number of aromatic nitrogens is 2. The smallest absolute Gasteiger partial charge is 0.257 e. The van der Waals surface area contributed by atoms with E-state index in [9.17, 15) is 9.59 Å². The maximum Gasteiger partial charge on any atom is 0.257 e. The second kappa shape index (κ2) is 9.68. The first-order valence-electron chi connectivity index (χ1n) is 11.8. The van der Waals surface area contributed by atoms with Crippen LogP contribution < -0.4 is 10.2 Å². The number of carbonyl (C=O) groups excluding carboxylic acids is 2. The fraction of sp³-hybridized carbons (Fsp3) is 0.440. The molecule has 2 aromatic heterocycles. The van der Waals surface area contributed by atoms with Gasteiger partial charge in [-0.1, -0.05) is 18.2 Å². The number of rotatable bonds is 4. The lowest BCUT2D eigenvalue weighted by Crippen LogP contribution is -2.42. The molecule has 2 saturated heterocycles. The normalized spacial score (nSPS) is 17.2. The molecule has 2 aliphatic heterocycles. The zero-order valence-electron chi connectivity index (χ0n) is 19.5. The second-order valence-electron chi connectivity index (χ2n) is 8.94. The quantitative estimate of drug-likeness (QED) is 0.615. The lowest BCUT2D eigenvalue weighted by molar-refractivity contribution is -0.120. The lowest BCUT2D eigenvalue weighted by Gasteiger charge is -2.35. The van der Waals surface area contributed by atoms with Crippen molar-refractivity contribution in [1.82, 2.24) is 14.3 Å². The van der Waals surface area contributed by atoms with E-state index in [0.717, 1.165) is 45.7 Å².